The molecule has 0 spiro atoms. The van der Waals surface area contributed by atoms with Gasteiger partial charge in [-0.1, -0.05) is 27.7 Å². The molecule has 0 aliphatic heterocycles. The number of halogens is 1. The fraction of sp³-hybridized carbons (Fsp3) is 0.800. The van der Waals surface area contributed by atoms with Crippen molar-refractivity contribution in [2.45, 2.75) is 59.9 Å². The first-order chi connectivity index (χ1) is 8.60. The Bertz CT molecular complexity index is 418. The SMILES string of the molecule is Cc1nn(C)c(CC(N)CC(C)CC(C)(C)C)c1Br. The molecule has 0 amide bonds. The molecule has 110 valence electrons. The van der Waals surface area contributed by atoms with Crippen molar-refractivity contribution in [3.63, 3.8) is 0 Å². The van der Waals surface area contributed by atoms with E-state index in [1.807, 2.05) is 18.7 Å². The van der Waals surface area contributed by atoms with Gasteiger partial charge in [0.25, 0.3) is 0 Å². The van der Waals surface area contributed by atoms with Gasteiger partial charge in [0, 0.05) is 19.5 Å². The van der Waals surface area contributed by atoms with Crippen LogP contribution in [0.15, 0.2) is 4.47 Å². The first-order valence-corrected chi connectivity index (χ1v) is 7.83. The van der Waals surface area contributed by atoms with Gasteiger partial charge in [0.2, 0.25) is 0 Å². The first kappa shape index (κ1) is 16.7. The van der Waals surface area contributed by atoms with E-state index in [1.165, 1.54) is 12.1 Å². The van der Waals surface area contributed by atoms with Crippen molar-refractivity contribution in [3.8, 4) is 0 Å². The summed E-state index contributed by atoms with van der Waals surface area (Å²) in [7, 11) is 1.98. The normalized spacial score (nSPS) is 15.6. The average molecular weight is 330 g/mol. The molecule has 1 aromatic heterocycles. The Morgan fingerprint density at radius 2 is 1.95 bits per heavy atom. The predicted octanol–water partition coefficient (Wildman–Crippen LogP) is 3.82. The van der Waals surface area contributed by atoms with Crippen LogP contribution in [0.5, 0.6) is 0 Å². The van der Waals surface area contributed by atoms with Gasteiger partial charge in [0.1, 0.15) is 0 Å². The van der Waals surface area contributed by atoms with Crippen molar-refractivity contribution in [1.29, 1.82) is 0 Å². The topological polar surface area (TPSA) is 43.8 Å². The van der Waals surface area contributed by atoms with Gasteiger partial charge in [-0.2, -0.15) is 5.10 Å². The highest BCUT2D eigenvalue weighted by Crippen LogP contribution is 2.28. The summed E-state index contributed by atoms with van der Waals surface area (Å²) >= 11 is 3.61. The molecule has 0 bridgehead atoms. The fourth-order valence-corrected chi connectivity index (χ4v) is 3.38. The predicted molar refractivity (Wildman–Crippen MR) is 85.2 cm³/mol. The molecule has 0 radical (unpaired) electrons. The van der Waals surface area contributed by atoms with E-state index in [2.05, 4.69) is 48.7 Å². The van der Waals surface area contributed by atoms with Crippen LogP contribution in [0, 0.1) is 18.3 Å². The van der Waals surface area contributed by atoms with Crippen LogP contribution >= 0.6 is 15.9 Å². The van der Waals surface area contributed by atoms with Crippen LogP contribution in [0.3, 0.4) is 0 Å². The van der Waals surface area contributed by atoms with Crippen LogP contribution < -0.4 is 5.73 Å². The number of nitrogens with zero attached hydrogens (tertiary/aromatic N) is 2. The summed E-state index contributed by atoms with van der Waals surface area (Å²) in [5.41, 5.74) is 8.92. The van der Waals surface area contributed by atoms with E-state index in [4.69, 9.17) is 5.73 Å². The molecular weight excluding hydrogens is 302 g/mol. The van der Waals surface area contributed by atoms with E-state index in [9.17, 15) is 0 Å². The zero-order valence-corrected chi connectivity index (χ0v) is 14.7. The van der Waals surface area contributed by atoms with Crippen LogP contribution in [-0.4, -0.2) is 15.8 Å². The highest BCUT2D eigenvalue weighted by atomic mass is 79.9. The van der Waals surface area contributed by atoms with Crippen LogP contribution in [0.4, 0.5) is 0 Å². The van der Waals surface area contributed by atoms with E-state index in [0.29, 0.717) is 11.3 Å². The van der Waals surface area contributed by atoms with Gasteiger partial charge in [-0.05, 0) is 47.0 Å². The average Bonchev–Trinajstić information content (AvgIpc) is 2.42. The smallest absolute Gasteiger partial charge is 0.0738 e. The fourth-order valence-electron chi connectivity index (χ4n) is 2.88. The Morgan fingerprint density at radius 3 is 2.37 bits per heavy atom. The van der Waals surface area contributed by atoms with Crippen molar-refractivity contribution >= 4 is 15.9 Å². The Kier molecular flexibility index (Phi) is 5.63. The zero-order valence-electron chi connectivity index (χ0n) is 13.1. The van der Waals surface area contributed by atoms with Crippen molar-refractivity contribution in [1.82, 2.24) is 9.78 Å². The molecule has 1 rings (SSSR count). The molecule has 3 nitrogen and oxygen atoms in total. The molecule has 0 saturated carbocycles. The summed E-state index contributed by atoms with van der Waals surface area (Å²) in [4.78, 5) is 0. The van der Waals surface area contributed by atoms with E-state index in [1.54, 1.807) is 0 Å². The minimum atomic E-state index is 0.198. The van der Waals surface area contributed by atoms with Gasteiger partial charge in [-0.3, -0.25) is 4.68 Å². The van der Waals surface area contributed by atoms with Crippen molar-refractivity contribution in [2.24, 2.45) is 24.1 Å². The van der Waals surface area contributed by atoms with Gasteiger partial charge in [-0.25, -0.2) is 0 Å². The minimum absolute atomic E-state index is 0.198. The second kappa shape index (κ2) is 6.40. The van der Waals surface area contributed by atoms with Crippen molar-refractivity contribution in [3.05, 3.63) is 15.9 Å². The lowest BCUT2D eigenvalue weighted by atomic mass is 9.82. The molecule has 0 aromatic carbocycles. The monoisotopic (exact) mass is 329 g/mol. The Balaban J connectivity index is 2.58. The second-order valence-corrected chi connectivity index (χ2v) is 7.83. The molecule has 1 aromatic rings. The van der Waals surface area contributed by atoms with E-state index < -0.39 is 0 Å². The highest BCUT2D eigenvalue weighted by molar-refractivity contribution is 9.10. The number of rotatable bonds is 5. The summed E-state index contributed by atoms with van der Waals surface area (Å²) < 4.78 is 3.04. The Labute approximate surface area is 126 Å². The lowest BCUT2D eigenvalue weighted by molar-refractivity contribution is 0.284. The lowest BCUT2D eigenvalue weighted by Gasteiger charge is -2.25. The molecular formula is C15H28BrN3. The Morgan fingerprint density at radius 1 is 1.37 bits per heavy atom. The lowest BCUT2D eigenvalue weighted by Crippen LogP contribution is -2.27. The third-order valence-electron chi connectivity index (χ3n) is 3.38. The van der Waals surface area contributed by atoms with Gasteiger partial charge in [0.05, 0.1) is 15.9 Å². The minimum Gasteiger partial charge on any atom is -0.327 e. The van der Waals surface area contributed by atoms with Crippen molar-refractivity contribution < 1.29 is 0 Å². The maximum Gasteiger partial charge on any atom is 0.0738 e. The van der Waals surface area contributed by atoms with E-state index in [-0.39, 0.29) is 6.04 Å². The second-order valence-electron chi connectivity index (χ2n) is 7.04. The number of aromatic nitrogens is 2. The zero-order chi connectivity index (χ0) is 14.8. The molecule has 1 heterocycles. The molecule has 0 saturated heterocycles. The largest absolute Gasteiger partial charge is 0.327 e. The number of hydrogen-bond donors (Lipinski definition) is 1. The van der Waals surface area contributed by atoms with Crippen LogP contribution in [0.25, 0.3) is 0 Å². The summed E-state index contributed by atoms with van der Waals surface area (Å²) in [6.45, 7) is 11.2. The third-order valence-corrected chi connectivity index (χ3v) is 4.41. The third kappa shape index (κ3) is 5.27. The van der Waals surface area contributed by atoms with Crippen LogP contribution in [-0.2, 0) is 13.5 Å². The molecule has 4 heteroatoms. The molecule has 19 heavy (non-hydrogen) atoms. The molecule has 2 unspecified atom stereocenters. The van der Waals surface area contributed by atoms with Crippen molar-refractivity contribution in [2.75, 3.05) is 0 Å². The Hall–Kier alpha value is -0.350. The molecule has 0 aliphatic carbocycles. The number of aryl methyl sites for hydroxylation is 2. The maximum absolute atomic E-state index is 6.31. The van der Waals surface area contributed by atoms with Crippen LogP contribution in [0.2, 0.25) is 0 Å². The summed E-state index contributed by atoms with van der Waals surface area (Å²) in [5.74, 6) is 0.656. The molecule has 0 aliphatic rings. The molecule has 0 fully saturated rings. The van der Waals surface area contributed by atoms with Gasteiger partial charge in [0.15, 0.2) is 0 Å². The van der Waals surface area contributed by atoms with E-state index in [0.717, 1.165) is 23.0 Å². The van der Waals surface area contributed by atoms with E-state index >= 15 is 0 Å². The van der Waals surface area contributed by atoms with Gasteiger partial charge < -0.3 is 5.73 Å². The molecule has 2 atom stereocenters. The quantitative estimate of drug-likeness (QED) is 0.892. The molecule has 2 N–H and O–H groups in total. The van der Waals surface area contributed by atoms with Gasteiger partial charge >= 0.3 is 0 Å². The summed E-state index contributed by atoms with van der Waals surface area (Å²) in [5, 5.41) is 4.42. The standard InChI is InChI=1S/C15H28BrN3/c1-10(9-15(3,4)5)7-12(17)8-13-14(16)11(2)18-19(13)6/h10,12H,7-9,17H2,1-6H3. The summed E-state index contributed by atoms with van der Waals surface area (Å²) in [6.07, 6.45) is 3.16. The summed E-state index contributed by atoms with van der Waals surface area (Å²) in [6, 6.07) is 0.198. The maximum atomic E-state index is 6.31. The van der Waals surface area contributed by atoms with Crippen LogP contribution in [0.1, 0.15) is 51.9 Å². The highest BCUT2D eigenvalue weighted by Gasteiger charge is 2.19. The number of nitrogens with two attached hydrogens (primary N) is 1. The van der Waals surface area contributed by atoms with Gasteiger partial charge in [-0.15, -0.1) is 0 Å². The first-order valence-electron chi connectivity index (χ1n) is 7.03. The number of hydrogen-bond acceptors (Lipinski definition) is 2.